The molecule has 112 valence electrons. The van der Waals surface area contributed by atoms with E-state index in [1.54, 1.807) is 11.8 Å². The van der Waals surface area contributed by atoms with Crippen molar-refractivity contribution in [2.75, 3.05) is 5.75 Å². The van der Waals surface area contributed by atoms with Gasteiger partial charge in [0.2, 0.25) is 0 Å². The van der Waals surface area contributed by atoms with E-state index in [9.17, 15) is 0 Å². The Kier molecular flexibility index (Phi) is 16.6. The maximum absolute atomic E-state index is 5.19. The number of thioether (sulfide) groups is 2. The van der Waals surface area contributed by atoms with Gasteiger partial charge >= 0.3 is 0 Å². The van der Waals surface area contributed by atoms with Gasteiger partial charge in [0.1, 0.15) is 7.06 Å². The highest BCUT2D eigenvalue weighted by molar-refractivity contribution is 8.60. The summed E-state index contributed by atoms with van der Waals surface area (Å²) in [4.78, 5) is 0. The van der Waals surface area contributed by atoms with E-state index in [1.165, 1.54) is 76.0 Å². The first-order valence-electron chi connectivity index (χ1n) is 7.24. The van der Waals surface area contributed by atoms with E-state index in [-0.39, 0.29) is 0 Å². The molecule has 0 aromatic rings. The first-order chi connectivity index (χ1) is 9.16. The molecule has 5 heteroatoms. The standard InChI is InChI=1S/C14H26S5/c1-2-3-4-5-6-7-8-9-10-11-12-18-14(17)19-13(15)16/h2-12H2,1H3,(H,15,16). The van der Waals surface area contributed by atoms with Gasteiger partial charge in [-0.2, -0.15) is 0 Å². The molecule has 0 radical (unpaired) electrons. The lowest BCUT2D eigenvalue weighted by Crippen LogP contribution is -1.88. The number of thiocarbonyl (C=S) groups is 2. The van der Waals surface area contributed by atoms with Gasteiger partial charge in [-0.15, -0.1) is 24.4 Å². The Bertz CT molecular complexity index is 240. The summed E-state index contributed by atoms with van der Waals surface area (Å²) in [5.41, 5.74) is 0. The van der Waals surface area contributed by atoms with Crippen molar-refractivity contribution in [3.8, 4) is 0 Å². The molecule has 0 aliphatic heterocycles. The molecule has 0 bridgehead atoms. The van der Waals surface area contributed by atoms with Crippen molar-refractivity contribution >= 4 is 67.6 Å². The number of hydrogen-bond acceptors (Lipinski definition) is 4. The van der Waals surface area contributed by atoms with Crippen LogP contribution in [-0.2, 0) is 0 Å². The average molecular weight is 355 g/mol. The van der Waals surface area contributed by atoms with Gasteiger partial charge in [0.05, 0.1) is 0 Å². The van der Waals surface area contributed by atoms with Crippen LogP contribution in [0.4, 0.5) is 0 Å². The summed E-state index contributed by atoms with van der Waals surface area (Å²) < 4.78 is 1.54. The maximum Gasteiger partial charge on any atom is 0.110 e. The van der Waals surface area contributed by atoms with E-state index < -0.39 is 0 Å². The Hall–Kier alpha value is 1.23. The molecule has 0 N–H and O–H groups in total. The molecule has 0 fully saturated rings. The molecule has 0 aliphatic rings. The van der Waals surface area contributed by atoms with Gasteiger partial charge in [0.25, 0.3) is 0 Å². The predicted octanol–water partition coefficient (Wildman–Crippen LogP) is 6.87. The Morgan fingerprint density at radius 3 is 1.79 bits per heavy atom. The summed E-state index contributed by atoms with van der Waals surface area (Å²) in [6, 6.07) is 0. The second-order valence-electron chi connectivity index (χ2n) is 4.65. The zero-order chi connectivity index (χ0) is 14.3. The van der Waals surface area contributed by atoms with Crippen molar-refractivity contribution in [3.05, 3.63) is 0 Å². The minimum atomic E-state index is 0.626. The van der Waals surface area contributed by atoms with E-state index >= 15 is 0 Å². The largest absolute Gasteiger partial charge is 0.125 e. The SMILES string of the molecule is CCCCCCCCCCCCSC(=S)SC(=S)S. The minimum absolute atomic E-state index is 0.626. The molecular weight excluding hydrogens is 328 g/mol. The first kappa shape index (κ1) is 20.2. The number of hydrogen-bond donors (Lipinski definition) is 1. The average Bonchev–Trinajstić information content (AvgIpc) is 2.35. The van der Waals surface area contributed by atoms with Crippen molar-refractivity contribution in [2.24, 2.45) is 0 Å². The third kappa shape index (κ3) is 17.2. The van der Waals surface area contributed by atoms with Crippen molar-refractivity contribution in [1.29, 1.82) is 0 Å². The third-order valence-corrected chi connectivity index (χ3v) is 5.69. The van der Waals surface area contributed by atoms with Gasteiger partial charge < -0.3 is 0 Å². The number of unbranched alkanes of at least 4 members (excludes halogenated alkanes) is 9. The molecular formula is C14H26S5. The van der Waals surface area contributed by atoms with Crippen LogP contribution in [0.5, 0.6) is 0 Å². The van der Waals surface area contributed by atoms with Crippen molar-refractivity contribution < 1.29 is 0 Å². The van der Waals surface area contributed by atoms with Crippen LogP contribution in [0.3, 0.4) is 0 Å². The molecule has 0 saturated carbocycles. The zero-order valence-electron chi connectivity index (χ0n) is 11.9. The smallest absolute Gasteiger partial charge is 0.110 e. The van der Waals surface area contributed by atoms with Gasteiger partial charge in [0.15, 0.2) is 0 Å². The molecule has 0 atom stereocenters. The fourth-order valence-corrected chi connectivity index (χ4v) is 4.95. The van der Waals surface area contributed by atoms with Crippen LogP contribution >= 0.6 is 60.6 Å². The van der Waals surface area contributed by atoms with Gasteiger partial charge in [0, 0.05) is 0 Å². The lowest BCUT2D eigenvalue weighted by molar-refractivity contribution is 0.563. The van der Waals surface area contributed by atoms with Crippen LogP contribution in [0.25, 0.3) is 0 Å². The lowest BCUT2D eigenvalue weighted by Gasteiger charge is -2.03. The van der Waals surface area contributed by atoms with Crippen molar-refractivity contribution in [3.63, 3.8) is 0 Å². The highest BCUT2D eigenvalue weighted by atomic mass is 32.3. The van der Waals surface area contributed by atoms with E-state index in [4.69, 9.17) is 24.4 Å². The molecule has 0 rings (SSSR count). The normalized spacial score (nSPS) is 10.6. The van der Waals surface area contributed by atoms with Gasteiger partial charge in [-0.25, -0.2) is 0 Å². The van der Waals surface area contributed by atoms with Crippen molar-refractivity contribution in [2.45, 2.75) is 71.1 Å². The summed E-state index contributed by atoms with van der Waals surface area (Å²) >= 11 is 17.3. The summed E-state index contributed by atoms with van der Waals surface area (Å²) in [6.45, 7) is 2.27. The van der Waals surface area contributed by atoms with E-state index in [1.807, 2.05) is 0 Å². The molecule has 0 aromatic carbocycles. The summed E-state index contributed by atoms with van der Waals surface area (Å²) in [7, 11) is 0. The maximum atomic E-state index is 5.19. The highest BCUT2D eigenvalue weighted by Gasteiger charge is 2.00. The molecule has 0 amide bonds. The molecule has 0 nitrogen and oxygen atoms in total. The van der Waals surface area contributed by atoms with Crippen LogP contribution in [0.1, 0.15) is 71.1 Å². The Balaban J connectivity index is 3.10. The van der Waals surface area contributed by atoms with Crippen LogP contribution < -0.4 is 0 Å². The summed E-state index contributed by atoms with van der Waals surface area (Å²) in [5.74, 6) is 1.12. The van der Waals surface area contributed by atoms with Crippen LogP contribution in [0, 0.1) is 0 Å². The Morgan fingerprint density at radius 1 is 0.842 bits per heavy atom. The minimum Gasteiger partial charge on any atom is -0.125 e. The molecule has 0 aromatic heterocycles. The second-order valence-corrected chi connectivity index (χ2v) is 9.68. The molecule has 0 spiro atoms. The van der Waals surface area contributed by atoms with Crippen LogP contribution in [-0.4, -0.2) is 12.8 Å². The van der Waals surface area contributed by atoms with E-state index in [2.05, 4.69) is 19.6 Å². The topological polar surface area (TPSA) is 0 Å². The second kappa shape index (κ2) is 15.6. The molecule has 19 heavy (non-hydrogen) atoms. The quantitative estimate of drug-likeness (QED) is 0.244. The summed E-state index contributed by atoms with van der Waals surface area (Å²) in [6.07, 6.45) is 13.8. The van der Waals surface area contributed by atoms with E-state index in [0.29, 0.717) is 3.53 Å². The number of rotatable bonds is 11. The first-order valence-corrected chi connectivity index (χ1v) is 10.3. The Morgan fingerprint density at radius 2 is 1.32 bits per heavy atom. The fourth-order valence-electron chi connectivity index (χ4n) is 1.85. The number of thiol groups is 1. The van der Waals surface area contributed by atoms with Gasteiger partial charge in [-0.1, -0.05) is 101 Å². The fraction of sp³-hybridized carbons (Fsp3) is 0.857. The van der Waals surface area contributed by atoms with Crippen molar-refractivity contribution in [1.82, 2.24) is 0 Å². The highest BCUT2D eigenvalue weighted by Crippen LogP contribution is 2.22. The predicted molar refractivity (Wildman–Crippen MR) is 106 cm³/mol. The van der Waals surface area contributed by atoms with Crippen LogP contribution in [0.2, 0.25) is 0 Å². The zero-order valence-corrected chi connectivity index (χ0v) is 16.0. The molecule has 0 saturated heterocycles. The van der Waals surface area contributed by atoms with Crippen LogP contribution in [0.15, 0.2) is 0 Å². The van der Waals surface area contributed by atoms with Gasteiger partial charge in [-0.3, -0.25) is 0 Å². The lowest BCUT2D eigenvalue weighted by atomic mass is 10.1. The molecule has 0 unspecified atom stereocenters. The monoisotopic (exact) mass is 354 g/mol. The van der Waals surface area contributed by atoms with Gasteiger partial charge in [-0.05, 0) is 12.2 Å². The molecule has 0 heterocycles. The Labute approximate surface area is 144 Å². The third-order valence-electron chi connectivity index (χ3n) is 2.89. The summed E-state index contributed by atoms with van der Waals surface area (Å²) in [5, 5.41) is 0. The molecule has 0 aliphatic carbocycles. The van der Waals surface area contributed by atoms with E-state index in [0.717, 1.165) is 9.28 Å².